The highest BCUT2D eigenvalue weighted by molar-refractivity contribution is 7.99. The van der Waals surface area contributed by atoms with Crippen LogP contribution < -0.4 is 10.5 Å². The van der Waals surface area contributed by atoms with Crippen LogP contribution in [0, 0.1) is 6.92 Å². The third kappa shape index (κ3) is 3.18. The van der Waals surface area contributed by atoms with E-state index in [1.165, 1.54) is 12.2 Å². The molecule has 1 aliphatic heterocycles. The third-order valence-electron chi connectivity index (χ3n) is 3.11. The van der Waals surface area contributed by atoms with Crippen molar-refractivity contribution < 1.29 is 8.42 Å². The van der Waals surface area contributed by atoms with Crippen LogP contribution in [-0.4, -0.2) is 26.0 Å². The molecule has 3 N–H and O–H groups in total. The van der Waals surface area contributed by atoms with Gasteiger partial charge in [0.2, 0.25) is 10.0 Å². The summed E-state index contributed by atoms with van der Waals surface area (Å²) in [5.41, 5.74) is 1.57. The number of sulfonamides is 1. The van der Waals surface area contributed by atoms with Crippen molar-refractivity contribution in [2.75, 3.05) is 16.8 Å². The zero-order valence-corrected chi connectivity index (χ0v) is 12.0. The van der Waals surface area contributed by atoms with E-state index in [0.717, 1.165) is 17.9 Å². The van der Waals surface area contributed by atoms with Gasteiger partial charge in [0, 0.05) is 17.5 Å². The summed E-state index contributed by atoms with van der Waals surface area (Å²) in [6.07, 6.45) is 2.34. The highest BCUT2D eigenvalue weighted by Crippen LogP contribution is 2.26. The minimum atomic E-state index is -3.64. The molecular formula is C12H18N2O2S2. The molecule has 0 aromatic heterocycles. The van der Waals surface area contributed by atoms with Gasteiger partial charge in [-0.1, -0.05) is 6.07 Å². The molecule has 1 aliphatic rings. The van der Waals surface area contributed by atoms with Gasteiger partial charge < -0.3 is 5.32 Å². The Balaban J connectivity index is 2.23. The van der Waals surface area contributed by atoms with Gasteiger partial charge in [0.15, 0.2) is 0 Å². The summed E-state index contributed by atoms with van der Waals surface area (Å²) in [7, 11) is -3.64. The summed E-state index contributed by atoms with van der Waals surface area (Å²) >= 11 is 1.93. The van der Waals surface area contributed by atoms with Crippen molar-refractivity contribution >= 4 is 27.5 Å². The highest BCUT2D eigenvalue weighted by atomic mass is 32.2. The van der Waals surface area contributed by atoms with E-state index in [-0.39, 0.29) is 4.90 Å². The molecule has 0 aliphatic carbocycles. The molecule has 1 unspecified atom stereocenters. The Morgan fingerprint density at radius 1 is 1.44 bits per heavy atom. The summed E-state index contributed by atoms with van der Waals surface area (Å²) in [5, 5.41) is 8.62. The van der Waals surface area contributed by atoms with E-state index in [1.54, 1.807) is 19.1 Å². The van der Waals surface area contributed by atoms with Crippen LogP contribution in [0.25, 0.3) is 0 Å². The molecule has 1 saturated heterocycles. The molecule has 1 aromatic rings. The third-order valence-corrected chi connectivity index (χ3v) is 5.38. The lowest BCUT2D eigenvalue weighted by atomic mass is 10.1. The second kappa shape index (κ2) is 5.50. The van der Waals surface area contributed by atoms with E-state index in [1.807, 2.05) is 17.8 Å². The molecule has 6 heteroatoms. The van der Waals surface area contributed by atoms with E-state index in [4.69, 9.17) is 5.14 Å². The van der Waals surface area contributed by atoms with Gasteiger partial charge in [0.05, 0.1) is 4.90 Å². The Labute approximate surface area is 112 Å². The van der Waals surface area contributed by atoms with Crippen molar-refractivity contribution in [2.24, 2.45) is 5.14 Å². The normalized spacial score (nSPS) is 20.7. The Bertz CT molecular complexity index is 523. The van der Waals surface area contributed by atoms with E-state index < -0.39 is 10.0 Å². The zero-order chi connectivity index (χ0) is 13.2. The summed E-state index contributed by atoms with van der Waals surface area (Å²) in [6.45, 7) is 1.79. The molecule has 100 valence electrons. The fourth-order valence-corrected chi connectivity index (χ4v) is 4.03. The van der Waals surface area contributed by atoms with Gasteiger partial charge in [0.1, 0.15) is 0 Å². The number of rotatable bonds is 3. The number of hydrogen-bond acceptors (Lipinski definition) is 4. The molecule has 1 heterocycles. The van der Waals surface area contributed by atoms with E-state index in [0.29, 0.717) is 11.6 Å². The van der Waals surface area contributed by atoms with Gasteiger partial charge in [-0.25, -0.2) is 13.6 Å². The Kier molecular flexibility index (Phi) is 4.19. The maximum Gasteiger partial charge on any atom is 0.238 e. The SMILES string of the molecule is Cc1c(NC2CCCSC2)cccc1S(N)(=O)=O. The van der Waals surface area contributed by atoms with Crippen LogP contribution >= 0.6 is 11.8 Å². The zero-order valence-electron chi connectivity index (χ0n) is 10.3. The predicted octanol–water partition coefficient (Wildman–Crippen LogP) is 1.95. The van der Waals surface area contributed by atoms with Gasteiger partial charge in [-0.05, 0) is 43.2 Å². The van der Waals surface area contributed by atoms with Crippen LogP contribution in [0.4, 0.5) is 5.69 Å². The average molecular weight is 286 g/mol. The lowest BCUT2D eigenvalue weighted by Crippen LogP contribution is -2.26. The molecule has 0 radical (unpaired) electrons. The first-order valence-electron chi connectivity index (χ1n) is 5.95. The standard InChI is InChI=1S/C12H18N2O2S2/c1-9-11(14-10-4-3-7-17-8-10)5-2-6-12(9)18(13,15)16/h2,5-6,10,14H,3-4,7-8H2,1H3,(H2,13,15,16). The maximum atomic E-state index is 11.4. The molecule has 2 rings (SSSR count). The van der Waals surface area contributed by atoms with Crippen molar-refractivity contribution in [1.29, 1.82) is 0 Å². The number of nitrogens with one attached hydrogen (secondary N) is 1. The second-order valence-corrected chi connectivity index (χ2v) is 7.21. The fraction of sp³-hybridized carbons (Fsp3) is 0.500. The quantitative estimate of drug-likeness (QED) is 0.891. The van der Waals surface area contributed by atoms with Crippen LogP contribution in [0.5, 0.6) is 0 Å². The minimum absolute atomic E-state index is 0.205. The molecular weight excluding hydrogens is 268 g/mol. The summed E-state index contributed by atoms with van der Waals surface area (Å²) in [4.78, 5) is 0.205. The van der Waals surface area contributed by atoms with Crippen molar-refractivity contribution in [1.82, 2.24) is 0 Å². The molecule has 0 spiro atoms. The van der Waals surface area contributed by atoms with Gasteiger partial charge in [-0.15, -0.1) is 0 Å². The number of thioether (sulfide) groups is 1. The van der Waals surface area contributed by atoms with Crippen LogP contribution in [0.3, 0.4) is 0 Å². The highest BCUT2D eigenvalue weighted by Gasteiger charge is 2.17. The Morgan fingerprint density at radius 2 is 2.22 bits per heavy atom. The Morgan fingerprint density at radius 3 is 2.83 bits per heavy atom. The van der Waals surface area contributed by atoms with Gasteiger partial charge in [0.25, 0.3) is 0 Å². The number of benzene rings is 1. The van der Waals surface area contributed by atoms with Crippen molar-refractivity contribution in [3.63, 3.8) is 0 Å². The van der Waals surface area contributed by atoms with Gasteiger partial charge in [-0.3, -0.25) is 0 Å². The molecule has 4 nitrogen and oxygen atoms in total. The fourth-order valence-electron chi connectivity index (χ4n) is 2.15. The lowest BCUT2D eigenvalue weighted by Gasteiger charge is -2.24. The molecule has 0 bridgehead atoms. The topological polar surface area (TPSA) is 72.2 Å². The van der Waals surface area contributed by atoms with Gasteiger partial charge >= 0.3 is 0 Å². The van der Waals surface area contributed by atoms with E-state index >= 15 is 0 Å². The minimum Gasteiger partial charge on any atom is -0.381 e. The molecule has 18 heavy (non-hydrogen) atoms. The molecule has 0 saturated carbocycles. The van der Waals surface area contributed by atoms with Gasteiger partial charge in [-0.2, -0.15) is 11.8 Å². The Hall–Kier alpha value is -0.720. The summed E-state index contributed by atoms with van der Waals surface area (Å²) in [6, 6.07) is 5.60. The van der Waals surface area contributed by atoms with Crippen LogP contribution in [0.1, 0.15) is 18.4 Å². The average Bonchev–Trinajstić information content (AvgIpc) is 2.32. The van der Waals surface area contributed by atoms with Crippen molar-refractivity contribution in [2.45, 2.75) is 30.7 Å². The summed E-state index contributed by atoms with van der Waals surface area (Å²) in [5.74, 6) is 2.29. The maximum absolute atomic E-state index is 11.4. The number of hydrogen-bond donors (Lipinski definition) is 2. The molecule has 1 atom stereocenters. The first-order chi connectivity index (χ1) is 8.48. The molecule has 1 fully saturated rings. The number of primary sulfonamides is 1. The van der Waals surface area contributed by atoms with Crippen LogP contribution in [-0.2, 0) is 10.0 Å². The van der Waals surface area contributed by atoms with Crippen LogP contribution in [0.15, 0.2) is 23.1 Å². The smallest absolute Gasteiger partial charge is 0.238 e. The summed E-state index contributed by atoms with van der Waals surface area (Å²) < 4.78 is 22.9. The molecule has 1 aromatic carbocycles. The number of anilines is 1. The first kappa shape index (κ1) is 13.7. The van der Waals surface area contributed by atoms with Crippen molar-refractivity contribution in [3.05, 3.63) is 23.8 Å². The first-order valence-corrected chi connectivity index (χ1v) is 8.65. The van der Waals surface area contributed by atoms with E-state index in [9.17, 15) is 8.42 Å². The number of nitrogens with two attached hydrogens (primary N) is 1. The predicted molar refractivity (Wildman–Crippen MR) is 76.5 cm³/mol. The second-order valence-electron chi connectivity index (χ2n) is 4.53. The lowest BCUT2D eigenvalue weighted by molar-refractivity contribution is 0.597. The van der Waals surface area contributed by atoms with Crippen LogP contribution in [0.2, 0.25) is 0 Å². The molecule has 0 amide bonds. The van der Waals surface area contributed by atoms with E-state index in [2.05, 4.69) is 5.32 Å². The monoisotopic (exact) mass is 286 g/mol. The largest absolute Gasteiger partial charge is 0.381 e. The van der Waals surface area contributed by atoms with Crippen molar-refractivity contribution in [3.8, 4) is 0 Å².